The maximum atomic E-state index is 11.5. The fraction of sp³-hybridized carbons (Fsp3) is 0.333. The molecule has 0 saturated carbocycles. The van der Waals surface area contributed by atoms with Crippen LogP contribution in [-0.4, -0.2) is 18.4 Å². The summed E-state index contributed by atoms with van der Waals surface area (Å²) in [5, 5.41) is 0. The monoisotopic (exact) mass is 222 g/mol. The fourth-order valence-electron chi connectivity index (χ4n) is 1.12. The molecule has 0 aliphatic rings. The van der Waals surface area contributed by atoms with Crippen LogP contribution in [0.3, 0.4) is 0 Å². The predicted molar refractivity (Wildman–Crippen MR) is 58.4 cm³/mol. The number of carbonyl (C=O) groups excluding carboxylic acids is 2. The van der Waals surface area contributed by atoms with Gasteiger partial charge in [-0.3, -0.25) is 4.79 Å². The Morgan fingerprint density at radius 3 is 2.50 bits per heavy atom. The molecule has 0 spiro atoms. The lowest BCUT2D eigenvalue weighted by atomic mass is 10.2. The van der Waals surface area contributed by atoms with Crippen molar-refractivity contribution in [3.8, 4) is 0 Å². The molecule has 0 aromatic carbocycles. The lowest BCUT2D eigenvalue weighted by Gasteiger charge is -1.96. The third-order valence-corrected chi connectivity index (χ3v) is 1.75. The normalized spacial score (nSPS) is 9.69. The molecule has 16 heavy (non-hydrogen) atoms. The van der Waals surface area contributed by atoms with Gasteiger partial charge in [-0.25, -0.2) is 4.79 Å². The lowest BCUT2D eigenvalue weighted by molar-refractivity contribution is 0.0488. The lowest BCUT2D eigenvalue weighted by Crippen LogP contribution is -2.03. The first kappa shape index (κ1) is 12.2. The molecule has 0 saturated heterocycles. The van der Waals surface area contributed by atoms with E-state index in [2.05, 4.69) is 0 Å². The molecular weight excluding hydrogens is 208 g/mol. The van der Waals surface area contributed by atoms with Crippen LogP contribution < -0.4 is 0 Å². The average Bonchev–Trinajstić information content (AvgIpc) is 2.65. The maximum absolute atomic E-state index is 11.5. The van der Waals surface area contributed by atoms with E-state index in [9.17, 15) is 9.59 Å². The van der Waals surface area contributed by atoms with E-state index < -0.39 is 5.97 Å². The summed E-state index contributed by atoms with van der Waals surface area (Å²) >= 11 is 0. The van der Waals surface area contributed by atoms with Gasteiger partial charge in [-0.05, 0) is 39.0 Å². The number of allylic oxidation sites excluding steroid dienone is 2. The third-order valence-electron chi connectivity index (χ3n) is 1.75. The Morgan fingerprint density at radius 2 is 1.94 bits per heavy atom. The molecule has 0 aliphatic heterocycles. The first-order chi connectivity index (χ1) is 7.54. The van der Waals surface area contributed by atoms with Crippen LogP contribution in [-0.2, 0) is 4.74 Å². The maximum Gasteiger partial charge on any atom is 0.374 e. The van der Waals surface area contributed by atoms with E-state index in [0.717, 1.165) is 5.57 Å². The van der Waals surface area contributed by atoms with E-state index in [1.54, 1.807) is 6.92 Å². The summed E-state index contributed by atoms with van der Waals surface area (Å²) in [6.07, 6.45) is 1.45. The molecule has 1 rings (SSSR count). The highest BCUT2D eigenvalue weighted by atomic mass is 16.5. The summed E-state index contributed by atoms with van der Waals surface area (Å²) in [6, 6.07) is 2.90. The zero-order valence-electron chi connectivity index (χ0n) is 9.57. The zero-order valence-corrected chi connectivity index (χ0v) is 9.57. The number of hydrogen-bond acceptors (Lipinski definition) is 4. The van der Waals surface area contributed by atoms with Crippen LogP contribution in [0.1, 0.15) is 41.9 Å². The highest BCUT2D eigenvalue weighted by molar-refractivity contribution is 6.03. The van der Waals surface area contributed by atoms with Crippen LogP contribution in [0, 0.1) is 0 Å². The number of ether oxygens (including phenoxy) is 1. The molecule has 0 atom stereocenters. The molecule has 4 heteroatoms. The zero-order chi connectivity index (χ0) is 12.1. The molecule has 0 aliphatic carbocycles. The van der Waals surface area contributed by atoms with Gasteiger partial charge in [-0.15, -0.1) is 0 Å². The minimum atomic E-state index is -0.557. The Kier molecular flexibility index (Phi) is 4.05. The van der Waals surface area contributed by atoms with E-state index in [4.69, 9.17) is 9.15 Å². The third kappa shape index (κ3) is 3.08. The molecule has 0 radical (unpaired) electrons. The number of furan rings is 1. The van der Waals surface area contributed by atoms with Gasteiger partial charge in [-0.2, -0.15) is 0 Å². The largest absolute Gasteiger partial charge is 0.460 e. The molecule has 0 amide bonds. The van der Waals surface area contributed by atoms with Gasteiger partial charge >= 0.3 is 5.97 Å². The van der Waals surface area contributed by atoms with E-state index in [1.807, 2.05) is 13.8 Å². The quantitative estimate of drug-likeness (QED) is 0.446. The molecule has 0 unspecified atom stereocenters. The molecule has 0 bridgehead atoms. The second-order valence-corrected chi connectivity index (χ2v) is 3.47. The molecule has 1 heterocycles. The van der Waals surface area contributed by atoms with Gasteiger partial charge in [0.05, 0.1) is 6.61 Å². The van der Waals surface area contributed by atoms with Gasteiger partial charge in [0.15, 0.2) is 5.76 Å². The molecule has 1 aromatic heterocycles. The summed E-state index contributed by atoms with van der Waals surface area (Å²) < 4.78 is 9.83. The first-order valence-electron chi connectivity index (χ1n) is 5.00. The van der Waals surface area contributed by atoms with E-state index >= 15 is 0 Å². The van der Waals surface area contributed by atoms with Gasteiger partial charge < -0.3 is 9.15 Å². The van der Waals surface area contributed by atoms with Crippen molar-refractivity contribution in [3.05, 3.63) is 35.3 Å². The van der Waals surface area contributed by atoms with Crippen molar-refractivity contribution in [3.63, 3.8) is 0 Å². The number of rotatable bonds is 4. The van der Waals surface area contributed by atoms with Crippen molar-refractivity contribution in [2.24, 2.45) is 0 Å². The van der Waals surface area contributed by atoms with Gasteiger partial charge in [-0.1, -0.05) is 5.57 Å². The van der Waals surface area contributed by atoms with Gasteiger partial charge in [0.25, 0.3) is 0 Å². The minimum absolute atomic E-state index is 0.0485. The molecule has 0 N–H and O–H groups in total. The Balaban J connectivity index is 2.83. The Bertz CT molecular complexity index is 422. The molecule has 1 aromatic rings. The predicted octanol–water partition coefficient (Wildman–Crippen LogP) is 2.61. The average molecular weight is 222 g/mol. The second-order valence-electron chi connectivity index (χ2n) is 3.47. The van der Waals surface area contributed by atoms with Crippen LogP contribution in [0.25, 0.3) is 0 Å². The van der Waals surface area contributed by atoms with Crippen molar-refractivity contribution in [1.29, 1.82) is 0 Å². The van der Waals surface area contributed by atoms with Crippen molar-refractivity contribution in [2.45, 2.75) is 20.8 Å². The number of hydrogen-bond donors (Lipinski definition) is 0. The summed E-state index contributed by atoms with van der Waals surface area (Å²) in [5.41, 5.74) is 0.874. The van der Waals surface area contributed by atoms with Crippen molar-refractivity contribution in [1.82, 2.24) is 0 Å². The van der Waals surface area contributed by atoms with Crippen molar-refractivity contribution < 1.29 is 18.7 Å². The van der Waals surface area contributed by atoms with Gasteiger partial charge in [0.1, 0.15) is 0 Å². The Morgan fingerprint density at radius 1 is 1.31 bits per heavy atom. The van der Waals surface area contributed by atoms with E-state index in [-0.39, 0.29) is 23.9 Å². The molecule has 4 nitrogen and oxygen atoms in total. The summed E-state index contributed by atoms with van der Waals surface area (Å²) in [6.45, 7) is 5.60. The van der Waals surface area contributed by atoms with Crippen LogP contribution in [0.4, 0.5) is 0 Å². The standard InChI is InChI=1S/C12H14O4/c1-4-15-12(14)11-6-5-10(16-11)9(13)7-8(2)3/h5-7H,4H2,1-3H3. The summed E-state index contributed by atoms with van der Waals surface area (Å²) in [7, 11) is 0. The number of ketones is 1. The second kappa shape index (κ2) is 5.30. The van der Waals surface area contributed by atoms with Crippen LogP contribution in [0.2, 0.25) is 0 Å². The van der Waals surface area contributed by atoms with Crippen LogP contribution in [0.15, 0.2) is 28.2 Å². The Labute approximate surface area is 93.9 Å². The summed E-state index contributed by atoms with van der Waals surface area (Å²) in [4.78, 5) is 22.8. The fourth-order valence-corrected chi connectivity index (χ4v) is 1.12. The van der Waals surface area contributed by atoms with Crippen molar-refractivity contribution >= 4 is 11.8 Å². The highest BCUT2D eigenvalue weighted by Gasteiger charge is 2.14. The highest BCUT2D eigenvalue weighted by Crippen LogP contribution is 2.11. The molecule has 86 valence electrons. The SMILES string of the molecule is CCOC(=O)c1ccc(C(=O)C=C(C)C)o1. The van der Waals surface area contributed by atoms with Gasteiger partial charge in [0, 0.05) is 0 Å². The van der Waals surface area contributed by atoms with Crippen LogP contribution in [0.5, 0.6) is 0 Å². The van der Waals surface area contributed by atoms with Gasteiger partial charge in [0.2, 0.25) is 11.5 Å². The Hall–Kier alpha value is -1.84. The number of esters is 1. The topological polar surface area (TPSA) is 56.5 Å². The van der Waals surface area contributed by atoms with E-state index in [1.165, 1.54) is 18.2 Å². The van der Waals surface area contributed by atoms with Crippen molar-refractivity contribution in [2.75, 3.05) is 6.61 Å². The first-order valence-corrected chi connectivity index (χ1v) is 5.00. The molecular formula is C12H14O4. The minimum Gasteiger partial charge on any atom is -0.460 e. The van der Waals surface area contributed by atoms with E-state index in [0.29, 0.717) is 0 Å². The molecule has 0 fully saturated rings. The van der Waals surface area contributed by atoms with Crippen LogP contribution >= 0.6 is 0 Å². The smallest absolute Gasteiger partial charge is 0.374 e. The number of carbonyl (C=O) groups is 2. The summed E-state index contributed by atoms with van der Waals surface area (Å²) in [5.74, 6) is -0.620.